The molecule has 0 N–H and O–H groups in total. The fraction of sp³-hybridized carbons (Fsp3) is 0.370. The van der Waals surface area contributed by atoms with Crippen LogP contribution in [0.5, 0.6) is 0 Å². The summed E-state index contributed by atoms with van der Waals surface area (Å²) in [6.07, 6.45) is 1.05. The number of likely N-dealkylation sites (N-methyl/N-ethyl adjacent to an activating group) is 1. The molecule has 2 amide bonds. The highest BCUT2D eigenvalue weighted by molar-refractivity contribution is 7.89. The molecule has 0 aliphatic carbocycles. The Bertz CT molecular complexity index is 1530. The Morgan fingerprint density at radius 1 is 1.05 bits per heavy atom. The second kappa shape index (κ2) is 10.3. The molecule has 0 bridgehead atoms. The lowest BCUT2D eigenvalue weighted by atomic mass is 10.0. The van der Waals surface area contributed by atoms with Gasteiger partial charge in [-0.2, -0.15) is 0 Å². The molecule has 0 saturated carbocycles. The van der Waals surface area contributed by atoms with Crippen LogP contribution in [0.15, 0.2) is 42.5 Å². The standard InChI is InChI=1S/C27H31FN4O5S/c1-17-15-30(16-19-6-9-21(28)10-7-19)12-13-31(17)26(34)24-18(2)32(38(5,36)37)23-11-8-20(14-22(23)24)25(33)27(35)29(3)4/h6-11,14,17H,12-13,15-16H2,1-5H3/t17-/m1/s1. The number of ketones is 1. The number of hydrogen-bond donors (Lipinski definition) is 0. The van der Waals surface area contributed by atoms with Gasteiger partial charge in [-0.15, -0.1) is 0 Å². The molecule has 11 heteroatoms. The SMILES string of the molecule is Cc1c(C(=O)N2CCN(Cc3ccc(F)cc3)C[C@H]2C)c2cc(C(=O)C(=O)N(C)C)ccc2n1S(C)(=O)=O. The van der Waals surface area contributed by atoms with E-state index in [9.17, 15) is 27.2 Å². The van der Waals surface area contributed by atoms with E-state index in [1.807, 2.05) is 6.92 Å². The summed E-state index contributed by atoms with van der Waals surface area (Å²) in [6.45, 7) is 5.67. The summed E-state index contributed by atoms with van der Waals surface area (Å²) in [6, 6.07) is 10.4. The minimum absolute atomic E-state index is 0.0769. The number of halogens is 1. The van der Waals surface area contributed by atoms with Gasteiger partial charge in [0, 0.05) is 63.0 Å². The van der Waals surface area contributed by atoms with Crippen LogP contribution in [0.2, 0.25) is 0 Å². The molecule has 202 valence electrons. The maximum atomic E-state index is 13.9. The zero-order valence-electron chi connectivity index (χ0n) is 22.1. The number of nitrogens with zero attached hydrogens (tertiary/aromatic N) is 4. The van der Waals surface area contributed by atoms with Crippen LogP contribution in [0.3, 0.4) is 0 Å². The first-order valence-electron chi connectivity index (χ1n) is 12.2. The van der Waals surface area contributed by atoms with E-state index in [1.54, 1.807) is 24.0 Å². The van der Waals surface area contributed by atoms with Crippen molar-refractivity contribution >= 4 is 38.5 Å². The lowest BCUT2D eigenvalue weighted by Crippen LogP contribution is -2.53. The van der Waals surface area contributed by atoms with Crippen LogP contribution in [-0.4, -0.2) is 90.7 Å². The molecule has 1 aliphatic heterocycles. The fourth-order valence-corrected chi connectivity index (χ4v) is 6.13. The van der Waals surface area contributed by atoms with Crippen molar-refractivity contribution in [2.45, 2.75) is 26.4 Å². The van der Waals surface area contributed by atoms with Crippen molar-refractivity contribution in [3.05, 3.63) is 70.7 Å². The Balaban J connectivity index is 1.69. The summed E-state index contributed by atoms with van der Waals surface area (Å²) < 4.78 is 39.7. The number of benzene rings is 2. The largest absolute Gasteiger partial charge is 0.342 e. The van der Waals surface area contributed by atoms with Crippen molar-refractivity contribution in [3.8, 4) is 0 Å². The van der Waals surface area contributed by atoms with Crippen molar-refractivity contribution in [2.24, 2.45) is 0 Å². The summed E-state index contributed by atoms with van der Waals surface area (Å²) in [5.41, 5.74) is 1.75. The molecule has 38 heavy (non-hydrogen) atoms. The molecular weight excluding hydrogens is 511 g/mol. The molecule has 3 aromatic rings. The average molecular weight is 543 g/mol. The van der Waals surface area contributed by atoms with Gasteiger partial charge in [-0.25, -0.2) is 16.8 Å². The fourth-order valence-electron chi connectivity index (χ4n) is 5.03. The van der Waals surface area contributed by atoms with Crippen LogP contribution in [0, 0.1) is 12.7 Å². The zero-order valence-corrected chi connectivity index (χ0v) is 22.9. The van der Waals surface area contributed by atoms with Gasteiger partial charge in [-0.1, -0.05) is 12.1 Å². The number of aromatic nitrogens is 1. The van der Waals surface area contributed by atoms with E-state index in [0.29, 0.717) is 31.6 Å². The lowest BCUT2D eigenvalue weighted by Gasteiger charge is -2.40. The molecule has 1 aliphatic rings. The highest BCUT2D eigenvalue weighted by Crippen LogP contribution is 2.31. The van der Waals surface area contributed by atoms with Crippen molar-refractivity contribution in [1.29, 1.82) is 0 Å². The van der Waals surface area contributed by atoms with Gasteiger partial charge in [0.05, 0.1) is 17.3 Å². The number of rotatable bonds is 6. The summed E-state index contributed by atoms with van der Waals surface area (Å²) in [5.74, 6) is -2.10. The highest BCUT2D eigenvalue weighted by atomic mass is 32.2. The number of amides is 2. The molecule has 9 nitrogen and oxygen atoms in total. The third kappa shape index (κ3) is 5.21. The van der Waals surface area contributed by atoms with E-state index in [0.717, 1.165) is 15.8 Å². The molecule has 2 aromatic carbocycles. The van der Waals surface area contributed by atoms with E-state index in [4.69, 9.17) is 0 Å². The summed E-state index contributed by atoms with van der Waals surface area (Å²) in [4.78, 5) is 44.0. The van der Waals surface area contributed by atoms with E-state index >= 15 is 0 Å². The molecule has 1 fully saturated rings. The second-order valence-corrected chi connectivity index (χ2v) is 11.8. The Morgan fingerprint density at radius 2 is 1.71 bits per heavy atom. The monoisotopic (exact) mass is 542 g/mol. The van der Waals surface area contributed by atoms with Gasteiger partial charge < -0.3 is 9.80 Å². The Kier molecular flexibility index (Phi) is 7.44. The molecule has 1 aromatic heterocycles. The predicted molar refractivity (Wildman–Crippen MR) is 142 cm³/mol. The summed E-state index contributed by atoms with van der Waals surface area (Å²) >= 11 is 0. The molecular formula is C27H31FN4O5S. The van der Waals surface area contributed by atoms with Gasteiger partial charge in [-0.3, -0.25) is 19.3 Å². The van der Waals surface area contributed by atoms with Crippen molar-refractivity contribution in [1.82, 2.24) is 18.7 Å². The highest BCUT2D eigenvalue weighted by Gasteiger charge is 2.33. The smallest absolute Gasteiger partial charge is 0.294 e. The van der Waals surface area contributed by atoms with Crippen LogP contribution in [-0.2, 0) is 21.4 Å². The minimum atomic E-state index is -3.78. The van der Waals surface area contributed by atoms with Crippen molar-refractivity contribution < 1.29 is 27.2 Å². The zero-order chi connectivity index (χ0) is 27.9. The van der Waals surface area contributed by atoms with E-state index in [2.05, 4.69) is 4.90 Å². The van der Waals surface area contributed by atoms with E-state index < -0.39 is 21.7 Å². The molecule has 1 saturated heterocycles. The third-order valence-electron chi connectivity index (χ3n) is 6.85. The van der Waals surface area contributed by atoms with Crippen molar-refractivity contribution in [2.75, 3.05) is 40.0 Å². The van der Waals surface area contributed by atoms with Gasteiger partial charge in [0.15, 0.2) is 0 Å². The molecule has 4 rings (SSSR count). The Hall–Kier alpha value is -3.57. The molecule has 0 spiro atoms. The van der Waals surface area contributed by atoms with E-state index in [-0.39, 0.29) is 40.1 Å². The van der Waals surface area contributed by atoms with Crippen LogP contribution in [0.1, 0.15) is 38.9 Å². The molecule has 0 radical (unpaired) electrons. The first-order chi connectivity index (χ1) is 17.8. The molecule has 2 heterocycles. The third-order valence-corrected chi connectivity index (χ3v) is 7.99. The molecule has 0 unspecified atom stereocenters. The maximum absolute atomic E-state index is 13.9. The average Bonchev–Trinajstić information content (AvgIpc) is 3.15. The number of hydrogen-bond acceptors (Lipinski definition) is 6. The first kappa shape index (κ1) is 27.5. The van der Waals surface area contributed by atoms with Gasteiger partial charge in [-0.05, 0) is 49.7 Å². The normalized spacial score (nSPS) is 16.6. The first-order valence-corrected chi connectivity index (χ1v) is 14.0. The van der Waals surface area contributed by atoms with Gasteiger partial charge >= 0.3 is 0 Å². The number of fused-ring (bicyclic) bond motifs is 1. The van der Waals surface area contributed by atoms with Gasteiger partial charge in [0.1, 0.15) is 5.82 Å². The van der Waals surface area contributed by atoms with Crippen molar-refractivity contribution in [3.63, 3.8) is 0 Å². The topological polar surface area (TPSA) is 100 Å². The minimum Gasteiger partial charge on any atom is -0.342 e. The van der Waals surface area contributed by atoms with Crippen LogP contribution >= 0.6 is 0 Å². The van der Waals surface area contributed by atoms with Gasteiger partial charge in [0.25, 0.3) is 11.8 Å². The molecule has 1 atom stereocenters. The summed E-state index contributed by atoms with van der Waals surface area (Å²) in [5, 5.41) is 0.302. The number of piperazine rings is 1. The number of Topliss-reactive ketones (excluding diaryl/α,β-unsaturated/α-hetero) is 1. The van der Waals surface area contributed by atoms with Crippen LogP contribution in [0.25, 0.3) is 10.9 Å². The van der Waals surface area contributed by atoms with Crippen LogP contribution < -0.4 is 0 Å². The number of carbonyl (C=O) groups is 3. The van der Waals surface area contributed by atoms with E-state index in [1.165, 1.54) is 49.3 Å². The predicted octanol–water partition coefficient (Wildman–Crippen LogP) is 2.51. The number of carbonyl (C=O) groups excluding carboxylic acids is 3. The Morgan fingerprint density at radius 3 is 2.29 bits per heavy atom. The van der Waals surface area contributed by atoms with Gasteiger partial charge in [0.2, 0.25) is 15.8 Å². The maximum Gasteiger partial charge on any atom is 0.294 e. The second-order valence-electron chi connectivity index (χ2n) is 9.96. The quantitative estimate of drug-likeness (QED) is 0.351. The van der Waals surface area contributed by atoms with Crippen LogP contribution in [0.4, 0.5) is 4.39 Å². The lowest BCUT2D eigenvalue weighted by molar-refractivity contribution is -0.124. The summed E-state index contributed by atoms with van der Waals surface area (Å²) in [7, 11) is -0.841. The Labute approximate surface area is 221 Å².